The molecular weight excluding hydrogens is 366 g/mol. The van der Waals surface area contributed by atoms with Gasteiger partial charge in [-0.25, -0.2) is 0 Å². The molecule has 3 rings (SSSR count). The predicted octanol–water partition coefficient (Wildman–Crippen LogP) is 2.60. The number of piperidine rings is 1. The number of rotatable bonds is 7. The number of amides is 1. The van der Waals surface area contributed by atoms with E-state index in [-0.39, 0.29) is 11.9 Å². The maximum Gasteiger partial charge on any atom is 0.255 e. The monoisotopic (exact) mass is 395 g/mol. The van der Waals surface area contributed by atoms with Crippen molar-refractivity contribution in [2.45, 2.75) is 57.6 Å². The summed E-state index contributed by atoms with van der Waals surface area (Å²) >= 11 is 6.19. The summed E-state index contributed by atoms with van der Waals surface area (Å²) < 4.78 is 5.61. The van der Waals surface area contributed by atoms with Crippen molar-refractivity contribution in [1.82, 2.24) is 10.2 Å². The number of halogens is 1. The molecule has 0 unspecified atom stereocenters. The number of aliphatic hydroxyl groups excluding tert-OH is 1. The Kier molecular flexibility index (Phi) is 6.84. The molecule has 150 valence electrons. The van der Waals surface area contributed by atoms with Crippen LogP contribution in [0.25, 0.3) is 0 Å². The minimum atomic E-state index is -0.577. The molecule has 2 heterocycles. The van der Waals surface area contributed by atoms with Crippen molar-refractivity contribution in [3.63, 3.8) is 0 Å². The first-order valence-corrected chi connectivity index (χ1v) is 10.3. The van der Waals surface area contributed by atoms with E-state index in [9.17, 15) is 9.90 Å². The van der Waals surface area contributed by atoms with Crippen molar-refractivity contribution in [2.24, 2.45) is 0 Å². The van der Waals surface area contributed by atoms with Crippen molar-refractivity contribution >= 4 is 23.2 Å². The van der Waals surface area contributed by atoms with Gasteiger partial charge in [0, 0.05) is 25.1 Å². The maximum absolute atomic E-state index is 12.8. The Labute approximate surface area is 166 Å². The van der Waals surface area contributed by atoms with Gasteiger partial charge in [-0.3, -0.25) is 4.79 Å². The summed E-state index contributed by atoms with van der Waals surface area (Å²) in [4.78, 5) is 15.1. The molecule has 0 saturated carbocycles. The van der Waals surface area contributed by atoms with E-state index in [1.807, 2.05) is 0 Å². The Morgan fingerprint density at radius 3 is 3.00 bits per heavy atom. The summed E-state index contributed by atoms with van der Waals surface area (Å²) in [7, 11) is 0. The van der Waals surface area contributed by atoms with E-state index in [4.69, 9.17) is 22.1 Å². The molecule has 0 aliphatic carbocycles. The molecule has 0 aromatic heterocycles. The molecule has 1 fully saturated rings. The number of hydrogen-bond acceptors (Lipinski definition) is 5. The number of fused-ring (bicyclic) bond motifs is 1. The summed E-state index contributed by atoms with van der Waals surface area (Å²) in [5, 5.41) is 13.8. The van der Waals surface area contributed by atoms with E-state index < -0.39 is 6.10 Å². The van der Waals surface area contributed by atoms with Crippen molar-refractivity contribution < 1.29 is 14.6 Å². The van der Waals surface area contributed by atoms with Gasteiger partial charge in [0.2, 0.25) is 0 Å². The van der Waals surface area contributed by atoms with Crippen LogP contribution < -0.4 is 15.8 Å². The fourth-order valence-electron chi connectivity index (χ4n) is 3.91. The van der Waals surface area contributed by atoms with E-state index >= 15 is 0 Å². The summed E-state index contributed by atoms with van der Waals surface area (Å²) in [6.07, 6.45) is 5.67. The van der Waals surface area contributed by atoms with Crippen LogP contribution in [0.2, 0.25) is 5.02 Å². The maximum atomic E-state index is 12.8. The van der Waals surface area contributed by atoms with E-state index in [0.29, 0.717) is 41.6 Å². The largest absolute Gasteiger partial charge is 0.492 e. The zero-order valence-corrected chi connectivity index (χ0v) is 16.7. The summed E-state index contributed by atoms with van der Waals surface area (Å²) in [5.74, 6) is 0.257. The molecule has 0 bridgehead atoms. The lowest BCUT2D eigenvalue weighted by Crippen LogP contribution is -2.54. The van der Waals surface area contributed by atoms with Gasteiger partial charge in [-0.1, -0.05) is 37.8 Å². The Hall–Kier alpha value is -1.50. The SMILES string of the molecule is CCCCCCN1CC[C@H](NC(=O)c2cc(Cl)c(N)c3c2OCC3)[C@H](O)C1. The third-order valence-corrected chi connectivity index (χ3v) is 5.84. The number of aliphatic hydroxyl groups is 1. The smallest absolute Gasteiger partial charge is 0.255 e. The van der Waals surface area contributed by atoms with E-state index in [1.54, 1.807) is 6.07 Å². The van der Waals surface area contributed by atoms with Crippen molar-refractivity contribution in [3.05, 3.63) is 22.2 Å². The number of hydrogen-bond donors (Lipinski definition) is 3. The molecule has 0 radical (unpaired) electrons. The number of nitrogens with two attached hydrogens (primary N) is 1. The number of unbranched alkanes of at least 4 members (excludes halogenated alkanes) is 3. The number of nitrogens with zero attached hydrogens (tertiary/aromatic N) is 1. The normalized spacial score (nSPS) is 22.3. The van der Waals surface area contributed by atoms with Gasteiger partial charge in [-0.2, -0.15) is 0 Å². The number of carbonyl (C=O) groups excluding carboxylic acids is 1. The molecule has 0 spiro atoms. The molecule has 1 saturated heterocycles. The Balaban J connectivity index is 1.58. The number of likely N-dealkylation sites (tertiary alicyclic amines) is 1. The average Bonchev–Trinajstić information content (AvgIpc) is 3.14. The Bertz CT molecular complexity index is 683. The first-order valence-electron chi connectivity index (χ1n) is 9.96. The number of nitrogen functional groups attached to an aromatic ring is 1. The molecule has 2 aliphatic rings. The van der Waals surface area contributed by atoms with Gasteiger partial charge >= 0.3 is 0 Å². The third kappa shape index (κ3) is 4.68. The Morgan fingerprint density at radius 2 is 2.26 bits per heavy atom. The van der Waals surface area contributed by atoms with Gasteiger partial charge in [0.15, 0.2) is 0 Å². The minimum absolute atomic E-state index is 0.266. The van der Waals surface area contributed by atoms with E-state index in [0.717, 1.165) is 31.5 Å². The molecule has 4 N–H and O–H groups in total. The van der Waals surface area contributed by atoms with Crippen LogP contribution in [0, 0.1) is 0 Å². The number of ether oxygens (including phenoxy) is 1. The van der Waals surface area contributed by atoms with Crippen LogP contribution in [0.3, 0.4) is 0 Å². The summed E-state index contributed by atoms with van der Waals surface area (Å²) in [6, 6.07) is 1.30. The van der Waals surface area contributed by atoms with Crippen LogP contribution in [0.4, 0.5) is 5.69 Å². The standard InChI is InChI=1S/C20H30ClN3O3/c1-2-3-4-5-8-24-9-6-16(17(25)12-24)23-20(26)14-11-15(21)18(22)13-7-10-27-19(13)14/h11,16-17,25H,2-10,12,22H2,1H3,(H,23,26)/t16-,17+/m0/s1. The van der Waals surface area contributed by atoms with Gasteiger partial charge < -0.3 is 25.8 Å². The number of β-amino-alcohol motifs (C(OH)–C–C–N with tert-alkyl or cyclic N) is 1. The van der Waals surface area contributed by atoms with Crippen LogP contribution in [0.15, 0.2) is 6.07 Å². The fourth-order valence-corrected chi connectivity index (χ4v) is 4.14. The highest BCUT2D eigenvalue weighted by Gasteiger charge is 2.31. The predicted molar refractivity (Wildman–Crippen MR) is 108 cm³/mol. The summed E-state index contributed by atoms with van der Waals surface area (Å²) in [6.45, 7) is 5.18. The van der Waals surface area contributed by atoms with Crippen LogP contribution in [-0.2, 0) is 6.42 Å². The highest BCUT2D eigenvalue weighted by Crippen LogP contribution is 2.38. The van der Waals surface area contributed by atoms with Gasteiger partial charge in [-0.05, 0) is 25.5 Å². The average molecular weight is 396 g/mol. The minimum Gasteiger partial charge on any atom is -0.492 e. The quantitative estimate of drug-likeness (QED) is 0.488. The van der Waals surface area contributed by atoms with Crippen molar-refractivity contribution in [1.29, 1.82) is 0 Å². The van der Waals surface area contributed by atoms with Gasteiger partial charge in [0.25, 0.3) is 5.91 Å². The fraction of sp³-hybridized carbons (Fsp3) is 0.650. The number of anilines is 1. The van der Waals surface area contributed by atoms with Crippen LogP contribution in [0.5, 0.6) is 5.75 Å². The highest BCUT2D eigenvalue weighted by molar-refractivity contribution is 6.33. The van der Waals surface area contributed by atoms with E-state index in [1.165, 1.54) is 19.3 Å². The highest BCUT2D eigenvalue weighted by atomic mass is 35.5. The second-order valence-electron chi connectivity index (χ2n) is 7.52. The van der Waals surface area contributed by atoms with Crippen LogP contribution in [-0.4, -0.2) is 54.3 Å². The van der Waals surface area contributed by atoms with Gasteiger partial charge in [0.05, 0.1) is 35.0 Å². The molecule has 1 aromatic rings. The lowest BCUT2D eigenvalue weighted by molar-refractivity contribution is 0.0372. The number of benzene rings is 1. The third-order valence-electron chi connectivity index (χ3n) is 5.53. The lowest BCUT2D eigenvalue weighted by Gasteiger charge is -2.36. The number of nitrogens with one attached hydrogen (secondary N) is 1. The Morgan fingerprint density at radius 1 is 1.44 bits per heavy atom. The first kappa shape index (κ1) is 20.2. The van der Waals surface area contributed by atoms with Gasteiger partial charge in [0.1, 0.15) is 5.75 Å². The first-order chi connectivity index (χ1) is 13.0. The molecule has 2 atom stereocenters. The van der Waals surface area contributed by atoms with Crippen molar-refractivity contribution in [3.8, 4) is 5.75 Å². The topological polar surface area (TPSA) is 87.8 Å². The molecule has 7 heteroatoms. The molecule has 27 heavy (non-hydrogen) atoms. The van der Waals surface area contributed by atoms with Gasteiger partial charge in [-0.15, -0.1) is 0 Å². The van der Waals surface area contributed by atoms with Crippen LogP contribution >= 0.6 is 11.6 Å². The number of carbonyl (C=O) groups is 1. The second kappa shape index (κ2) is 9.13. The second-order valence-corrected chi connectivity index (χ2v) is 7.93. The van der Waals surface area contributed by atoms with Crippen molar-refractivity contribution in [2.75, 3.05) is 32.0 Å². The zero-order chi connectivity index (χ0) is 19.4. The zero-order valence-electron chi connectivity index (χ0n) is 16.0. The molecule has 6 nitrogen and oxygen atoms in total. The molecule has 1 amide bonds. The van der Waals surface area contributed by atoms with Crippen LogP contribution in [0.1, 0.15) is 54.9 Å². The molecule has 1 aromatic carbocycles. The molecule has 2 aliphatic heterocycles. The molecular formula is C20H30ClN3O3. The van der Waals surface area contributed by atoms with E-state index in [2.05, 4.69) is 17.1 Å². The summed E-state index contributed by atoms with van der Waals surface area (Å²) in [5.41, 5.74) is 7.68. The lowest BCUT2D eigenvalue weighted by atomic mass is 10.00.